The molecule has 0 radical (unpaired) electrons. The van der Waals surface area contributed by atoms with Gasteiger partial charge in [-0.15, -0.1) is 0 Å². The lowest BCUT2D eigenvalue weighted by atomic mass is 10.1. The Morgan fingerprint density at radius 1 is 1.60 bits per heavy atom. The van der Waals surface area contributed by atoms with Crippen LogP contribution in [0.25, 0.3) is 0 Å². The minimum absolute atomic E-state index is 0.0470. The van der Waals surface area contributed by atoms with Crippen LogP contribution in [0, 0.1) is 15.9 Å². The summed E-state index contributed by atoms with van der Waals surface area (Å²) in [4.78, 5) is 12.3. The second-order valence-corrected chi connectivity index (χ2v) is 3.09. The van der Waals surface area contributed by atoms with Crippen LogP contribution in [0.1, 0.15) is 17.6 Å². The van der Waals surface area contributed by atoms with Gasteiger partial charge in [-0.25, -0.2) is 8.78 Å². The van der Waals surface area contributed by atoms with Crippen LogP contribution in [0.3, 0.4) is 0 Å². The smallest absolute Gasteiger partial charge is 0.358 e. The van der Waals surface area contributed by atoms with Crippen molar-refractivity contribution in [3.63, 3.8) is 0 Å². The van der Waals surface area contributed by atoms with Crippen molar-refractivity contribution in [2.75, 3.05) is 0 Å². The molecule has 0 N–H and O–H groups in total. The highest BCUT2D eigenvalue weighted by Crippen LogP contribution is 2.30. The van der Waals surface area contributed by atoms with Crippen molar-refractivity contribution in [2.45, 2.75) is 11.8 Å². The number of alkyl halides is 3. The van der Waals surface area contributed by atoms with Crippen LogP contribution < -0.4 is 0 Å². The van der Waals surface area contributed by atoms with Crippen LogP contribution in [-0.2, 0) is 5.33 Å². The van der Waals surface area contributed by atoms with E-state index in [0.717, 1.165) is 6.20 Å². The lowest BCUT2D eigenvalue weighted by Gasteiger charge is -2.05. The van der Waals surface area contributed by atoms with Gasteiger partial charge in [-0.3, -0.25) is 0 Å². The molecule has 0 aliphatic rings. The van der Waals surface area contributed by atoms with Gasteiger partial charge in [0.25, 0.3) is 6.43 Å². The third kappa shape index (κ3) is 2.25. The van der Waals surface area contributed by atoms with Crippen molar-refractivity contribution in [1.82, 2.24) is 4.98 Å². The van der Waals surface area contributed by atoms with Gasteiger partial charge in [-0.2, -0.15) is 4.39 Å². The van der Waals surface area contributed by atoms with E-state index in [2.05, 4.69) is 20.9 Å². The van der Waals surface area contributed by atoms with Gasteiger partial charge in [0, 0.05) is 10.9 Å². The molecule has 0 fully saturated rings. The monoisotopic (exact) mass is 284 g/mol. The molecule has 0 aromatic carbocycles. The molecule has 0 unspecified atom stereocenters. The average Bonchev–Trinajstić information content (AvgIpc) is 2.15. The maximum atomic E-state index is 13.2. The zero-order valence-electron chi connectivity index (χ0n) is 7.08. The minimum atomic E-state index is -3.11. The summed E-state index contributed by atoms with van der Waals surface area (Å²) in [5.41, 5.74) is -1.08. The molecule has 0 atom stereocenters. The average molecular weight is 285 g/mol. The molecule has 1 heterocycles. The second-order valence-electron chi connectivity index (χ2n) is 2.53. The fourth-order valence-corrected chi connectivity index (χ4v) is 1.44. The molecule has 1 aromatic heterocycles. The summed E-state index contributed by atoms with van der Waals surface area (Å²) in [6, 6.07) is 0. The highest BCUT2D eigenvalue weighted by Gasteiger charge is 2.28. The predicted octanol–water partition coefficient (Wildman–Crippen LogP) is 2.96. The molecule has 0 aliphatic carbocycles. The third-order valence-electron chi connectivity index (χ3n) is 1.66. The molecule has 15 heavy (non-hydrogen) atoms. The highest BCUT2D eigenvalue weighted by atomic mass is 79.9. The first-order chi connectivity index (χ1) is 6.99. The summed E-state index contributed by atoms with van der Waals surface area (Å²) >= 11 is 2.86. The second kappa shape index (κ2) is 4.56. The molecule has 0 saturated carbocycles. The minimum Gasteiger partial charge on any atom is -0.358 e. The SMILES string of the molecule is O=[N+]([O-])c1ncc(CBr)c(C(F)F)c1F. The first-order valence-electron chi connectivity index (χ1n) is 3.64. The summed E-state index contributed by atoms with van der Waals surface area (Å²) in [5.74, 6) is -2.76. The van der Waals surface area contributed by atoms with E-state index in [9.17, 15) is 23.3 Å². The standard InChI is InChI=1S/C7H4BrF3N2O2/c8-1-3-2-12-7(13(14)15)5(9)4(3)6(10)11/h2,6H,1H2. The van der Waals surface area contributed by atoms with Crippen molar-refractivity contribution in [1.29, 1.82) is 0 Å². The molecule has 0 spiro atoms. The van der Waals surface area contributed by atoms with Crippen molar-refractivity contribution < 1.29 is 18.1 Å². The largest absolute Gasteiger partial charge is 0.400 e. The highest BCUT2D eigenvalue weighted by molar-refractivity contribution is 9.08. The van der Waals surface area contributed by atoms with Crippen LogP contribution in [0.4, 0.5) is 19.0 Å². The summed E-state index contributed by atoms with van der Waals surface area (Å²) in [6.07, 6.45) is -2.25. The summed E-state index contributed by atoms with van der Waals surface area (Å²) in [5, 5.41) is 10.2. The Balaban J connectivity index is 3.42. The van der Waals surface area contributed by atoms with E-state index in [1.54, 1.807) is 0 Å². The molecule has 0 aliphatic heterocycles. The number of nitrogens with zero attached hydrogens (tertiary/aromatic N) is 2. The number of hydrogen-bond donors (Lipinski definition) is 0. The Bertz CT molecular complexity index is 400. The first kappa shape index (κ1) is 11.9. The van der Waals surface area contributed by atoms with Gasteiger partial charge >= 0.3 is 5.82 Å². The molecule has 4 nitrogen and oxygen atoms in total. The molecule has 0 bridgehead atoms. The van der Waals surface area contributed by atoms with Gasteiger partial charge in [0.05, 0.1) is 5.56 Å². The summed E-state index contributed by atoms with van der Waals surface area (Å²) < 4.78 is 38.0. The Morgan fingerprint density at radius 3 is 2.60 bits per heavy atom. The summed E-state index contributed by atoms with van der Waals surface area (Å²) in [7, 11) is 0. The topological polar surface area (TPSA) is 56.0 Å². The molecule has 0 amide bonds. The van der Waals surface area contributed by atoms with E-state index in [4.69, 9.17) is 0 Å². The molecule has 1 rings (SSSR count). The molecular formula is C7H4BrF3N2O2. The van der Waals surface area contributed by atoms with Crippen LogP contribution >= 0.6 is 15.9 Å². The lowest BCUT2D eigenvalue weighted by Crippen LogP contribution is -2.04. The fraction of sp³-hybridized carbons (Fsp3) is 0.286. The Kier molecular flexibility index (Phi) is 3.61. The molecule has 1 aromatic rings. The zero-order valence-corrected chi connectivity index (χ0v) is 8.67. The molecule has 0 saturated heterocycles. The Hall–Kier alpha value is -1.18. The number of rotatable bonds is 3. The lowest BCUT2D eigenvalue weighted by molar-refractivity contribution is -0.392. The van der Waals surface area contributed by atoms with E-state index in [-0.39, 0.29) is 10.9 Å². The van der Waals surface area contributed by atoms with Crippen molar-refractivity contribution in [2.24, 2.45) is 0 Å². The van der Waals surface area contributed by atoms with Crippen LogP contribution in [0.5, 0.6) is 0 Å². The predicted molar refractivity (Wildman–Crippen MR) is 48.4 cm³/mol. The van der Waals surface area contributed by atoms with Gasteiger partial charge in [-0.1, -0.05) is 15.9 Å². The van der Waals surface area contributed by atoms with Crippen LogP contribution in [0.15, 0.2) is 6.20 Å². The van der Waals surface area contributed by atoms with Gasteiger partial charge < -0.3 is 10.1 Å². The normalized spacial score (nSPS) is 10.7. The number of pyridine rings is 1. The maximum absolute atomic E-state index is 13.2. The van der Waals surface area contributed by atoms with E-state index in [1.165, 1.54) is 0 Å². The molecule has 82 valence electrons. The molecule has 8 heteroatoms. The number of halogens is 4. The fourth-order valence-electron chi connectivity index (χ4n) is 0.996. The quantitative estimate of drug-likeness (QED) is 0.487. The van der Waals surface area contributed by atoms with Crippen molar-refractivity contribution in [3.05, 3.63) is 33.3 Å². The van der Waals surface area contributed by atoms with Gasteiger partial charge in [0.2, 0.25) is 5.82 Å². The maximum Gasteiger partial charge on any atom is 0.400 e. The Labute approximate surface area is 90.4 Å². The van der Waals surface area contributed by atoms with Gasteiger partial charge in [0.1, 0.15) is 6.20 Å². The van der Waals surface area contributed by atoms with Crippen LogP contribution in [-0.4, -0.2) is 9.91 Å². The van der Waals surface area contributed by atoms with E-state index >= 15 is 0 Å². The first-order valence-corrected chi connectivity index (χ1v) is 4.77. The number of aromatic nitrogens is 1. The van der Waals surface area contributed by atoms with E-state index in [0.29, 0.717) is 0 Å². The number of nitro groups is 1. The zero-order chi connectivity index (χ0) is 11.6. The Morgan fingerprint density at radius 2 is 2.20 bits per heavy atom. The van der Waals surface area contributed by atoms with E-state index < -0.39 is 28.5 Å². The third-order valence-corrected chi connectivity index (χ3v) is 2.26. The van der Waals surface area contributed by atoms with Crippen molar-refractivity contribution >= 4 is 21.7 Å². The van der Waals surface area contributed by atoms with Crippen LogP contribution in [0.2, 0.25) is 0 Å². The van der Waals surface area contributed by atoms with Gasteiger partial charge in [-0.05, 0) is 9.91 Å². The molecular weight excluding hydrogens is 281 g/mol. The number of hydrogen-bond acceptors (Lipinski definition) is 3. The van der Waals surface area contributed by atoms with Crippen molar-refractivity contribution in [3.8, 4) is 0 Å². The van der Waals surface area contributed by atoms with E-state index in [1.807, 2.05) is 0 Å². The summed E-state index contributed by atoms with van der Waals surface area (Å²) in [6.45, 7) is 0. The van der Waals surface area contributed by atoms with Gasteiger partial charge in [0.15, 0.2) is 0 Å².